The van der Waals surface area contributed by atoms with Crippen molar-refractivity contribution in [3.05, 3.63) is 47.2 Å². The van der Waals surface area contributed by atoms with Gasteiger partial charge in [-0.2, -0.15) is 0 Å². The minimum Gasteiger partial charge on any atom is -0.485 e. The van der Waals surface area contributed by atoms with Gasteiger partial charge in [-0.15, -0.1) is 0 Å². The van der Waals surface area contributed by atoms with Crippen LogP contribution in [0, 0.1) is 12.8 Å². The molecule has 0 bridgehead atoms. The number of hydrogen-bond acceptors (Lipinski definition) is 2. The Morgan fingerprint density at radius 2 is 2.20 bits per heavy atom. The van der Waals surface area contributed by atoms with Gasteiger partial charge in [0.05, 0.1) is 0 Å². The molecule has 0 radical (unpaired) electrons. The summed E-state index contributed by atoms with van der Waals surface area (Å²) in [5.41, 5.74) is 3.70. The number of ether oxygens (including phenoxy) is 1. The Labute approximate surface area is 120 Å². The number of aliphatic imine (C=N–C) groups is 1. The van der Waals surface area contributed by atoms with E-state index in [1.54, 1.807) is 0 Å². The lowest BCUT2D eigenvalue weighted by atomic mass is 9.84. The largest absolute Gasteiger partial charge is 0.485 e. The SMILES string of the molecule is Cc1ccc2c(c1)OC1CC(C)CC/C1=C/C=N/C=C\2. The van der Waals surface area contributed by atoms with Crippen LogP contribution in [0.3, 0.4) is 0 Å². The van der Waals surface area contributed by atoms with Crippen LogP contribution in [0.4, 0.5) is 0 Å². The molecule has 1 aliphatic carbocycles. The molecule has 0 amide bonds. The van der Waals surface area contributed by atoms with E-state index in [1.807, 2.05) is 18.5 Å². The van der Waals surface area contributed by atoms with Crippen molar-refractivity contribution >= 4 is 12.3 Å². The maximum atomic E-state index is 6.35. The molecule has 2 heteroatoms. The number of allylic oxidation sites excluding steroid dienone is 1. The van der Waals surface area contributed by atoms with Crippen molar-refractivity contribution in [2.24, 2.45) is 10.9 Å². The van der Waals surface area contributed by atoms with Gasteiger partial charge in [0.2, 0.25) is 0 Å². The average molecular weight is 267 g/mol. The zero-order valence-electron chi connectivity index (χ0n) is 12.2. The van der Waals surface area contributed by atoms with Crippen LogP contribution in [0.1, 0.15) is 37.3 Å². The van der Waals surface area contributed by atoms with Crippen LogP contribution in [0.5, 0.6) is 5.75 Å². The quantitative estimate of drug-likeness (QED) is 0.676. The van der Waals surface area contributed by atoms with E-state index in [4.69, 9.17) is 4.74 Å². The van der Waals surface area contributed by atoms with Gasteiger partial charge in [0.15, 0.2) is 0 Å². The van der Waals surface area contributed by atoms with Crippen molar-refractivity contribution < 1.29 is 4.74 Å². The van der Waals surface area contributed by atoms with Gasteiger partial charge in [0, 0.05) is 18.0 Å². The summed E-state index contributed by atoms with van der Waals surface area (Å²) in [6, 6.07) is 6.35. The summed E-state index contributed by atoms with van der Waals surface area (Å²) in [6.07, 6.45) is 11.5. The van der Waals surface area contributed by atoms with E-state index in [0.717, 1.165) is 30.1 Å². The number of nitrogens with zero attached hydrogens (tertiary/aromatic N) is 1. The summed E-state index contributed by atoms with van der Waals surface area (Å²) in [5, 5.41) is 0. The van der Waals surface area contributed by atoms with Crippen LogP contribution in [0.25, 0.3) is 6.08 Å². The first-order valence-electron chi connectivity index (χ1n) is 7.38. The summed E-state index contributed by atoms with van der Waals surface area (Å²) in [5.74, 6) is 1.70. The molecule has 0 spiro atoms. The lowest BCUT2D eigenvalue weighted by Crippen LogP contribution is -2.27. The van der Waals surface area contributed by atoms with Crippen molar-refractivity contribution in [3.63, 3.8) is 0 Å². The summed E-state index contributed by atoms with van der Waals surface area (Å²) < 4.78 is 6.35. The molecule has 2 unspecified atom stereocenters. The van der Waals surface area contributed by atoms with Crippen LogP contribution >= 0.6 is 0 Å². The van der Waals surface area contributed by atoms with E-state index in [2.05, 4.69) is 43.1 Å². The van der Waals surface area contributed by atoms with Gasteiger partial charge in [-0.1, -0.05) is 19.1 Å². The normalized spacial score (nSPS) is 31.0. The predicted molar refractivity (Wildman–Crippen MR) is 84.2 cm³/mol. The van der Waals surface area contributed by atoms with E-state index in [1.165, 1.54) is 17.6 Å². The molecule has 0 aromatic heterocycles. The summed E-state index contributed by atoms with van der Waals surface area (Å²) in [4.78, 5) is 4.33. The van der Waals surface area contributed by atoms with Gasteiger partial charge in [-0.25, -0.2) is 0 Å². The lowest BCUT2D eigenvalue weighted by molar-refractivity contribution is 0.176. The van der Waals surface area contributed by atoms with Gasteiger partial charge in [-0.05, 0) is 61.5 Å². The van der Waals surface area contributed by atoms with E-state index >= 15 is 0 Å². The van der Waals surface area contributed by atoms with Crippen molar-refractivity contribution in [3.8, 4) is 5.75 Å². The fourth-order valence-electron chi connectivity index (χ4n) is 2.87. The van der Waals surface area contributed by atoms with Crippen LogP contribution in [-0.2, 0) is 0 Å². The smallest absolute Gasteiger partial charge is 0.127 e. The minimum absolute atomic E-state index is 0.192. The molecule has 1 aromatic carbocycles. The molecule has 1 heterocycles. The summed E-state index contributed by atoms with van der Waals surface area (Å²) >= 11 is 0. The van der Waals surface area contributed by atoms with Crippen molar-refractivity contribution in [1.82, 2.24) is 0 Å². The predicted octanol–water partition coefficient (Wildman–Crippen LogP) is 4.54. The second kappa shape index (κ2) is 5.66. The Morgan fingerprint density at radius 1 is 1.30 bits per heavy atom. The van der Waals surface area contributed by atoms with Gasteiger partial charge in [0.25, 0.3) is 0 Å². The first-order chi connectivity index (χ1) is 9.72. The summed E-state index contributed by atoms with van der Waals surface area (Å²) in [7, 11) is 0. The molecule has 2 aliphatic rings. The van der Waals surface area contributed by atoms with E-state index in [9.17, 15) is 0 Å². The highest BCUT2D eigenvalue weighted by atomic mass is 16.5. The highest BCUT2D eigenvalue weighted by molar-refractivity contribution is 5.74. The van der Waals surface area contributed by atoms with Crippen molar-refractivity contribution in [2.75, 3.05) is 0 Å². The number of benzene rings is 1. The van der Waals surface area contributed by atoms with E-state index in [0.29, 0.717) is 0 Å². The fraction of sp³-hybridized carbons (Fsp3) is 0.389. The van der Waals surface area contributed by atoms with Crippen molar-refractivity contribution in [1.29, 1.82) is 0 Å². The molecule has 20 heavy (non-hydrogen) atoms. The molecule has 1 saturated carbocycles. The Morgan fingerprint density at radius 3 is 3.10 bits per heavy atom. The molecule has 104 valence electrons. The average Bonchev–Trinajstić information content (AvgIpc) is 2.43. The van der Waals surface area contributed by atoms with E-state index in [-0.39, 0.29) is 6.10 Å². The van der Waals surface area contributed by atoms with E-state index < -0.39 is 0 Å². The lowest BCUT2D eigenvalue weighted by Gasteiger charge is -2.31. The Balaban J connectivity index is 2.00. The number of aryl methyl sites for hydroxylation is 1. The van der Waals surface area contributed by atoms with Gasteiger partial charge >= 0.3 is 0 Å². The highest BCUT2D eigenvalue weighted by Gasteiger charge is 2.25. The number of fused-ring (bicyclic) bond motifs is 2. The van der Waals surface area contributed by atoms with Crippen molar-refractivity contribution in [2.45, 2.75) is 39.2 Å². The van der Waals surface area contributed by atoms with Crippen LogP contribution in [0.15, 0.2) is 41.0 Å². The fourth-order valence-corrected chi connectivity index (χ4v) is 2.87. The molecule has 1 aliphatic heterocycles. The first kappa shape index (κ1) is 13.2. The zero-order chi connectivity index (χ0) is 13.9. The Bertz CT molecular complexity index is 583. The number of rotatable bonds is 0. The second-order valence-electron chi connectivity index (χ2n) is 5.88. The molecule has 1 fully saturated rings. The maximum Gasteiger partial charge on any atom is 0.127 e. The van der Waals surface area contributed by atoms with Gasteiger partial charge < -0.3 is 4.74 Å². The number of hydrogen-bond donors (Lipinski definition) is 0. The first-order valence-corrected chi connectivity index (χ1v) is 7.38. The monoisotopic (exact) mass is 267 g/mol. The Kier molecular flexibility index (Phi) is 3.72. The maximum absolute atomic E-state index is 6.35. The molecule has 2 atom stereocenters. The molecular formula is C18H21NO. The summed E-state index contributed by atoms with van der Waals surface area (Å²) in [6.45, 7) is 4.41. The molecule has 0 saturated heterocycles. The molecular weight excluding hydrogens is 246 g/mol. The third-order valence-electron chi connectivity index (χ3n) is 4.11. The third-order valence-corrected chi connectivity index (χ3v) is 4.11. The van der Waals surface area contributed by atoms with Crippen LogP contribution in [0.2, 0.25) is 0 Å². The highest BCUT2D eigenvalue weighted by Crippen LogP contribution is 2.33. The van der Waals surface area contributed by atoms with Gasteiger partial charge in [-0.3, -0.25) is 4.99 Å². The van der Waals surface area contributed by atoms with Crippen LogP contribution < -0.4 is 4.74 Å². The zero-order valence-corrected chi connectivity index (χ0v) is 12.2. The molecule has 3 rings (SSSR count). The minimum atomic E-state index is 0.192. The second-order valence-corrected chi connectivity index (χ2v) is 5.88. The molecule has 2 nitrogen and oxygen atoms in total. The molecule has 1 aromatic rings. The van der Waals surface area contributed by atoms with Gasteiger partial charge in [0.1, 0.15) is 11.9 Å². The standard InChI is InChI=1S/C18H21NO/c1-13-3-5-15-7-9-19-10-8-16-6-4-14(2)12-18(16)20-17(15)11-13/h3,5,7-11,14,18H,4,6,12H2,1-2H3/b9-7-,16-8-,19-10+. The topological polar surface area (TPSA) is 21.6 Å². The third kappa shape index (κ3) is 2.84. The Hall–Kier alpha value is -1.83. The van der Waals surface area contributed by atoms with Crippen LogP contribution in [-0.4, -0.2) is 12.3 Å². The molecule has 0 N–H and O–H groups in total.